The van der Waals surface area contributed by atoms with E-state index >= 15 is 0 Å². The number of fused-ring (bicyclic) bond motifs is 1. The maximum Gasteiger partial charge on any atom is 0.314 e. The van der Waals surface area contributed by atoms with Gasteiger partial charge in [0.2, 0.25) is 0 Å². The number of hydrogen-bond acceptors (Lipinski definition) is 5. The minimum atomic E-state index is -3.62. The third kappa shape index (κ3) is 2.11. The minimum Gasteiger partial charge on any atom is -0.481 e. The van der Waals surface area contributed by atoms with Crippen LogP contribution < -0.4 is 4.72 Å². The number of benzene rings is 1. The third-order valence-corrected chi connectivity index (χ3v) is 5.25. The molecule has 1 saturated heterocycles. The molecular formula is C13H14N2O5S. The SMILES string of the molecule is CC1(C(=O)O)COCC1N=C1NS(=O)(=O)c2ccccc21. The van der Waals surface area contributed by atoms with Gasteiger partial charge in [-0.15, -0.1) is 0 Å². The molecule has 0 aromatic heterocycles. The van der Waals surface area contributed by atoms with Gasteiger partial charge in [0.25, 0.3) is 10.0 Å². The molecular weight excluding hydrogens is 296 g/mol. The van der Waals surface area contributed by atoms with Gasteiger partial charge in [0.15, 0.2) is 0 Å². The van der Waals surface area contributed by atoms with Gasteiger partial charge in [0.05, 0.1) is 24.2 Å². The molecule has 8 heteroatoms. The third-order valence-electron chi connectivity index (χ3n) is 3.85. The Bertz CT molecular complexity index is 743. The number of amidine groups is 1. The van der Waals surface area contributed by atoms with Crippen LogP contribution in [0.4, 0.5) is 0 Å². The highest BCUT2D eigenvalue weighted by atomic mass is 32.2. The van der Waals surface area contributed by atoms with Crippen LogP contribution in [0.5, 0.6) is 0 Å². The lowest BCUT2D eigenvalue weighted by molar-refractivity contribution is -0.148. The monoisotopic (exact) mass is 310 g/mol. The molecule has 2 N–H and O–H groups in total. The summed E-state index contributed by atoms with van der Waals surface area (Å²) in [6.45, 7) is 1.75. The van der Waals surface area contributed by atoms with Crippen molar-refractivity contribution in [2.45, 2.75) is 17.9 Å². The van der Waals surface area contributed by atoms with Crippen LogP contribution in [-0.2, 0) is 19.6 Å². The Labute approximate surface area is 121 Å². The largest absolute Gasteiger partial charge is 0.481 e. The topological polar surface area (TPSA) is 105 Å². The summed E-state index contributed by atoms with van der Waals surface area (Å²) in [5.41, 5.74) is -0.701. The van der Waals surface area contributed by atoms with E-state index in [4.69, 9.17) is 4.74 Å². The number of nitrogens with zero attached hydrogens (tertiary/aromatic N) is 1. The van der Waals surface area contributed by atoms with Crippen molar-refractivity contribution in [2.75, 3.05) is 13.2 Å². The fraction of sp³-hybridized carbons (Fsp3) is 0.385. The van der Waals surface area contributed by atoms with Crippen LogP contribution >= 0.6 is 0 Å². The Balaban J connectivity index is 2.05. The van der Waals surface area contributed by atoms with Gasteiger partial charge < -0.3 is 9.84 Å². The van der Waals surface area contributed by atoms with Crippen LogP contribution in [-0.4, -0.2) is 44.6 Å². The first kappa shape index (κ1) is 14.0. The number of ether oxygens (including phenoxy) is 1. The summed E-state index contributed by atoms with van der Waals surface area (Å²) in [6.07, 6.45) is 0. The Morgan fingerprint density at radius 1 is 1.48 bits per heavy atom. The number of carbonyl (C=O) groups is 1. The molecule has 1 aromatic carbocycles. The summed E-state index contributed by atoms with van der Waals surface area (Å²) < 4.78 is 31.6. The van der Waals surface area contributed by atoms with Crippen LogP contribution in [0.2, 0.25) is 0 Å². The Hall–Kier alpha value is -1.93. The van der Waals surface area contributed by atoms with Crippen molar-refractivity contribution in [1.82, 2.24) is 4.72 Å². The van der Waals surface area contributed by atoms with Crippen LogP contribution in [0, 0.1) is 5.41 Å². The minimum absolute atomic E-state index is 0.0537. The van der Waals surface area contributed by atoms with Crippen molar-refractivity contribution < 1.29 is 23.1 Å². The second-order valence-electron chi connectivity index (χ2n) is 5.33. The molecule has 21 heavy (non-hydrogen) atoms. The van der Waals surface area contributed by atoms with E-state index < -0.39 is 27.4 Å². The van der Waals surface area contributed by atoms with Crippen LogP contribution in [0.15, 0.2) is 34.2 Å². The van der Waals surface area contributed by atoms with Gasteiger partial charge >= 0.3 is 5.97 Å². The second kappa shape index (κ2) is 4.54. The first-order valence-corrected chi connectivity index (χ1v) is 7.84. The Morgan fingerprint density at radius 3 is 2.90 bits per heavy atom. The van der Waals surface area contributed by atoms with Gasteiger partial charge in [0.1, 0.15) is 11.3 Å². The standard InChI is InChI=1S/C13H14N2O5S/c1-13(12(16)17)7-20-6-10(13)14-11-8-4-2-3-5-9(8)21(18,19)15-11/h2-5,10H,6-7H2,1H3,(H,14,15)(H,16,17). The van der Waals surface area contributed by atoms with Crippen molar-refractivity contribution in [1.29, 1.82) is 0 Å². The van der Waals surface area contributed by atoms with Crippen molar-refractivity contribution in [3.8, 4) is 0 Å². The number of hydrogen-bond donors (Lipinski definition) is 2. The number of nitrogens with one attached hydrogen (secondary N) is 1. The molecule has 2 heterocycles. The quantitative estimate of drug-likeness (QED) is 0.812. The lowest BCUT2D eigenvalue weighted by Crippen LogP contribution is -2.39. The summed E-state index contributed by atoms with van der Waals surface area (Å²) in [6, 6.07) is 5.82. The zero-order valence-corrected chi connectivity index (χ0v) is 12.1. The molecule has 2 unspecified atom stereocenters. The highest BCUT2D eigenvalue weighted by molar-refractivity contribution is 7.90. The normalized spacial score (nSPS) is 31.9. The summed E-state index contributed by atoms with van der Waals surface area (Å²) in [7, 11) is -3.62. The molecule has 0 radical (unpaired) electrons. The van der Waals surface area contributed by atoms with E-state index in [0.717, 1.165) is 0 Å². The van der Waals surface area contributed by atoms with Crippen molar-refractivity contribution in [3.05, 3.63) is 29.8 Å². The van der Waals surface area contributed by atoms with Gasteiger partial charge in [-0.1, -0.05) is 12.1 Å². The first-order chi connectivity index (χ1) is 9.84. The van der Waals surface area contributed by atoms with Crippen molar-refractivity contribution in [2.24, 2.45) is 10.4 Å². The smallest absolute Gasteiger partial charge is 0.314 e. The Morgan fingerprint density at radius 2 is 2.19 bits per heavy atom. The molecule has 2 atom stereocenters. The predicted octanol–water partition coefficient (Wildman–Crippen LogP) is 0.215. The maximum absolute atomic E-state index is 12.0. The number of aliphatic carboxylic acids is 1. The van der Waals surface area contributed by atoms with Crippen molar-refractivity contribution >= 4 is 21.8 Å². The van der Waals surface area contributed by atoms with Gasteiger partial charge in [-0.25, -0.2) is 8.42 Å². The molecule has 0 amide bonds. The van der Waals surface area contributed by atoms with E-state index in [1.807, 2.05) is 0 Å². The molecule has 0 spiro atoms. The molecule has 7 nitrogen and oxygen atoms in total. The maximum atomic E-state index is 12.0. The highest BCUT2D eigenvalue weighted by Gasteiger charge is 2.47. The van der Waals surface area contributed by atoms with Crippen LogP contribution in [0.1, 0.15) is 12.5 Å². The fourth-order valence-electron chi connectivity index (χ4n) is 2.43. The molecule has 0 saturated carbocycles. The average Bonchev–Trinajstić information content (AvgIpc) is 2.91. The molecule has 112 valence electrons. The lowest BCUT2D eigenvalue weighted by Gasteiger charge is -2.21. The van der Waals surface area contributed by atoms with E-state index in [0.29, 0.717) is 5.56 Å². The predicted molar refractivity (Wildman–Crippen MR) is 73.7 cm³/mol. The van der Waals surface area contributed by atoms with Gasteiger partial charge in [-0.05, 0) is 19.1 Å². The molecule has 2 aliphatic heterocycles. The molecule has 1 aromatic rings. The summed E-state index contributed by atoms with van der Waals surface area (Å²) in [4.78, 5) is 15.9. The van der Waals surface area contributed by atoms with Crippen LogP contribution in [0.3, 0.4) is 0 Å². The summed E-state index contributed by atoms with van der Waals surface area (Å²) >= 11 is 0. The zero-order valence-electron chi connectivity index (χ0n) is 11.2. The first-order valence-electron chi connectivity index (χ1n) is 6.36. The number of rotatable bonds is 2. The molecule has 2 aliphatic rings. The lowest BCUT2D eigenvalue weighted by atomic mass is 9.86. The highest BCUT2D eigenvalue weighted by Crippen LogP contribution is 2.32. The number of aliphatic imine (C=N–C) groups is 1. The number of carboxylic acids is 1. The number of sulfonamides is 1. The Kier molecular flexibility index (Phi) is 3.03. The number of carboxylic acid groups (broad SMARTS) is 1. The zero-order chi connectivity index (χ0) is 15.3. The van der Waals surface area contributed by atoms with Crippen molar-refractivity contribution in [3.63, 3.8) is 0 Å². The van der Waals surface area contributed by atoms with E-state index in [-0.39, 0.29) is 23.9 Å². The molecule has 0 aliphatic carbocycles. The molecule has 1 fully saturated rings. The van der Waals surface area contributed by atoms with E-state index in [2.05, 4.69) is 9.71 Å². The van der Waals surface area contributed by atoms with E-state index in [1.165, 1.54) is 6.07 Å². The second-order valence-corrected chi connectivity index (χ2v) is 6.98. The van der Waals surface area contributed by atoms with E-state index in [9.17, 15) is 18.3 Å². The van der Waals surface area contributed by atoms with Crippen LogP contribution in [0.25, 0.3) is 0 Å². The molecule has 0 bridgehead atoms. The summed E-state index contributed by atoms with van der Waals surface area (Å²) in [5, 5.41) is 9.33. The fourth-order valence-corrected chi connectivity index (χ4v) is 3.67. The van der Waals surface area contributed by atoms with Gasteiger partial charge in [-0.3, -0.25) is 14.5 Å². The average molecular weight is 310 g/mol. The molecule has 3 rings (SSSR count). The summed E-state index contributed by atoms with van der Waals surface area (Å²) in [5.74, 6) is -0.836. The van der Waals surface area contributed by atoms with Gasteiger partial charge in [0, 0.05) is 5.56 Å². The van der Waals surface area contributed by atoms with E-state index in [1.54, 1.807) is 25.1 Å². The van der Waals surface area contributed by atoms with Gasteiger partial charge in [-0.2, -0.15) is 0 Å².